The van der Waals surface area contributed by atoms with Crippen molar-refractivity contribution in [3.05, 3.63) is 0 Å². The largest absolute Gasteiger partial charge is 0.314 e. The summed E-state index contributed by atoms with van der Waals surface area (Å²) < 4.78 is 24.9. The summed E-state index contributed by atoms with van der Waals surface area (Å²) in [6.45, 7) is 2.25. The van der Waals surface area contributed by atoms with Gasteiger partial charge in [-0.15, -0.1) is 0 Å². The van der Waals surface area contributed by atoms with E-state index in [2.05, 4.69) is 5.32 Å². The molecule has 1 N–H and O–H groups in total. The summed E-state index contributed by atoms with van der Waals surface area (Å²) in [6, 6.07) is 2.31. The number of hydrogen-bond donors (Lipinski definition) is 1. The van der Waals surface area contributed by atoms with Gasteiger partial charge in [0.1, 0.15) is 0 Å². The molecule has 2 fully saturated rings. The lowest BCUT2D eigenvalue weighted by Crippen LogP contribution is -2.43. The normalized spacial score (nSPS) is 28.1. The third-order valence-corrected chi connectivity index (χ3v) is 5.45. The highest BCUT2D eigenvalue weighted by atomic mass is 32.2. The molecular weight excluding hydrogens is 238 g/mol. The van der Waals surface area contributed by atoms with Crippen molar-refractivity contribution in [2.75, 3.05) is 25.4 Å². The smallest absolute Gasteiger partial charge is 0.227 e. The molecule has 0 aromatic rings. The number of nitrogens with zero attached hydrogens (tertiary/aromatic N) is 2. The predicted octanol–water partition coefficient (Wildman–Crippen LogP) is 0.304. The van der Waals surface area contributed by atoms with Gasteiger partial charge >= 0.3 is 0 Å². The Morgan fingerprint density at radius 1 is 1.29 bits per heavy atom. The van der Waals surface area contributed by atoms with E-state index in [4.69, 9.17) is 5.26 Å². The number of nitrogens with one attached hydrogen (secondary N) is 1. The van der Waals surface area contributed by atoms with E-state index < -0.39 is 10.0 Å². The van der Waals surface area contributed by atoms with Gasteiger partial charge in [-0.05, 0) is 38.1 Å². The monoisotopic (exact) mass is 257 g/mol. The zero-order valence-corrected chi connectivity index (χ0v) is 10.7. The van der Waals surface area contributed by atoms with Crippen LogP contribution in [0.15, 0.2) is 0 Å². The molecule has 1 atom stereocenters. The van der Waals surface area contributed by atoms with Gasteiger partial charge < -0.3 is 5.32 Å². The Bertz CT molecular complexity index is 387. The van der Waals surface area contributed by atoms with Crippen LogP contribution in [0.25, 0.3) is 0 Å². The van der Waals surface area contributed by atoms with Crippen LogP contribution in [-0.2, 0) is 10.0 Å². The van der Waals surface area contributed by atoms with Gasteiger partial charge in [-0.2, -0.15) is 5.26 Å². The van der Waals surface area contributed by atoms with E-state index in [9.17, 15) is 8.42 Å². The van der Waals surface area contributed by atoms with E-state index >= 15 is 0 Å². The molecule has 5 nitrogen and oxygen atoms in total. The van der Waals surface area contributed by atoms with Gasteiger partial charge in [-0.3, -0.25) is 0 Å². The number of rotatable bonds is 3. The molecule has 0 bridgehead atoms. The van der Waals surface area contributed by atoms with Crippen LogP contribution in [0, 0.1) is 17.2 Å². The molecular formula is C11H19N3O2S. The first kappa shape index (κ1) is 12.8. The summed E-state index contributed by atoms with van der Waals surface area (Å²) in [4.78, 5) is 0. The van der Waals surface area contributed by atoms with E-state index in [1.54, 1.807) is 6.07 Å². The lowest BCUT2D eigenvalue weighted by Gasteiger charge is -2.33. The van der Waals surface area contributed by atoms with Crippen molar-refractivity contribution in [3.8, 4) is 6.07 Å². The molecule has 2 saturated heterocycles. The molecule has 0 aliphatic carbocycles. The fourth-order valence-corrected chi connectivity index (χ4v) is 3.96. The average Bonchev–Trinajstić information content (AvgIpc) is 2.82. The molecule has 6 heteroatoms. The maximum Gasteiger partial charge on any atom is 0.227 e. The highest BCUT2D eigenvalue weighted by Gasteiger charge is 2.32. The van der Waals surface area contributed by atoms with Gasteiger partial charge in [0.05, 0.1) is 6.07 Å². The summed E-state index contributed by atoms with van der Waals surface area (Å²) in [5.74, 6) is 0.213. The minimum Gasteiger partial charge on any atom is -0.314 e. The summed E-state index contributed by atoms with van der Waals surface area (Å²) >= 11 is 0. The first-order chi connectivity index (χ1) is 8.13. The molecule has 0 saturated carbocycles. The molecule has 2 aliphatic heterocycles. The molecule has 96 valence electrons. The second kappa shape index (κ2) is 5.34. The van der Waals surface area contributed by atoms with Crippen LogP contribution in [0.2, 0.25) is 0 Å². The number of piperidine rings is 1. The third-order valence-electron chi connectivity index (χ3n) is 3.81. The van der Waals surface area contributed by atoms with Gasteiger partial charge in [0, 0.05) is 19.1 Å². The fourth-order valence-electron chi connectivity index (χ4n) is 2.84. The van der Waals surface area contributed by atoms with Gasteiger partial charge in [-0.25, -0.2) is 12.7 Å². The Kier molecular flexibility index (Phi) is 4.02. The molecule has 0 amide bonds. The lowest BCUT2D eigenvalue weighted by molar-refractivity contribution is 0.234. The SMILES string of the molecule is N#CCS(=O)(=O)N1CCC(C2CCCN2)CC1. The maximum absolute atomic E-state index is 11.7. The van der Waals surface area contributed by atoms with Crippen LogP contribution in [-0.4, -0.2) is 44.2 Å². The molecule has 0 aromatic heterocycles. The Morgan fingerprint density at radius 2 is 2.00 bits per heavy atom. The van der Waals surface area contributed by atoms with Crippen LogP contribution < -0.4 is 5.32 Å². The molecule has 2 heterocycles. The van der Waals surface area contributed by atoms with Crippen molar-refractivity contribution in [2.24, 2.45) is 5.92 Å². The summed E-state index contributed by atoms with van der Waals surface area (Å²) in [5.41, 5.74) is 0. The quantitative estimate of drug-likeness (QED) is 0.789. The molecule has 2 aliphatic rings. The zero-order chi connectivity index (χ0) is 12.3. The van der Waals surface area contributed by atoms with Crippen molar-refractivity contribution in [2.45, 2.75) is 31.7 Å². The lowest BCUT2D eigenvalue weighted by atomic mass is 9.89. The Morgan fingerprint density at radius 3 is 2.53 bits per heavy atom. The topological polar surface area (TPSA) is 73.2 Å². The first-order valence-corrected chi connectivity index (χ1v) is 7.82. The van der Waals surface area contributed by atoms with Crippen molar-refractivity contribution in [1.29, 1.82) is 5.26 Å². The molecule has 2 rings (SSSR count). The van der Waals surface area contributed by atoms with Crippen LogP contribution in [0.1, 0.15) is 25.7 Å². The van der Waals surface area contributed by atoms with Crippen LogP contribution in [0.5, 0.6) is 0 Å². The Hall–Kier alpha value is -0.640. The minimum absolute atomic E-state index is 0.390. The number of hydrogen-bond acceptors (Lipinski definition) is 4. The number of nitriles is 1. The summed E-state index contributed by atoms with van der Waals surface area (Å²) in [5, 5.41) is 12.0. The fraction of sp³-hybridized carbons (Fsp3) is 0.909. The van der Waals surface area contributed by atoms with E-state index in [0.29, 0.717) is 25.0 Å². The third kappa shape index (κ3) is 2.97. The second-order valence-electron chi connectivity index (χ2n) is 4.85. The maximum atomic E-state index is 11.7. The van der Waals surface area contributed by atoms with E-state index in [1.165, 1.54) is 17.1 Å². The van der Waals surface area contributed by atoms with E-state index in [-0.39, 0.29) is 5.75 Å². The van der Waals surface area contributed by atoms with Crippen LogP contribution >= 0.6 is 0 Å². The average molecular weight is 257 g/mol. The van der Waals surface area contributed by atoms with Crippen LogP contribution in [0.3, 0.4) is 0 Å². The minimum atomic E-state index is -3.33. The first-order valence-electron chi connectivity index (χ1n) is 6.21. The summed E-state index contributed by atoms with van der Waals surface area (Å²) in [7, 11) is -3.33. The van der Waals surface area contributed by atoms with E-state index in [0.717, 1.165) is 19.4 Å². The van der Waals surface area contributed by atoms with Gasteiger partial charge in [0.2, 0.25) is 10.0 Å². The van der Waals surface area contributed by atoms with Gasteiger partial charge in [0.15, 0.2) is 5.75 Å². The van der Waals surface area contributed by atoms with E-state index in [1.807, 2.05) is 0 Å². The highest BCUT2D eigenvalue weighted by molar-refractivity contribution is 7.89. The van der Waals surface area contributed by atoms with Gasteiger partial charge in [-0.1, -0.05) is 0 Å². The van der Waals surface area contributed by atoms with Crippen molar-refractivity contribution in [1.82, 2.24) is 9.62 Å². The molecule has 0 aromatic carbocycles. The standard InChI is InChI=1S/C11H19N3O2S/c12-5-9-17(15,16)14-7-3-10(4-8-14)11-2-1-6-13-11/h10-11,13H,1-4,6-9H2. The predicted molar refractivity (Wildman–Crippen MR) is 64.7 cm³/mol. The Balaban J connectivity index is 1.87. The van der Waals surface area contributed by atoms with Crippen molar-refractivity contribution >= 4 is 10.0 Å². The second-order valence-corrected chi connectivity index (χ2v) is 6.82. The zero-order valence-electron chi connectivity index (χ0n) is 9.93. The molecule has 0 radical (unpaired) electrons. The highest BCUT2D eigenvalue weighted by Crippen LogP contribution is 2.26. The Labute approximate surface area is 103 Å². The summed E-state index contributed by atoms with van der Waals surface area (Å²) in [6.07, 6.45) is 4.29. The number of sulfonamides is 1. The molecule has 1 unspecified atom stereocenters. The molecule has 17 heavy (non-hydrogen) atoms. The van der Waals surface area contributed by atoms with Crippen LogP contribution in [0.4, 0.5) is 0 Å². The van der Waals surface area contributed by atoms with Crippen molar-refractivity contribution in [3.63, 3.8) is 0 Å². The van der Waals surface area contributed by atoms with Gasteiger partial charge in [0.25, 0.3) is 0 Å². The van der Waals surface area contributed by atoms with Crippen molar-refractivity contribution < 1.29 is 8.42 Å². The molecule has 0 spiro atoms.